The molecular formula is C14H15F3N4O3S. The molecule has 1 heterocycles. The lowest BCUT2D eigenvalue weighted by molar-refractivity contribution is -0.274. The molecular weight excluding hydrogens is 361 g/mol. The molecule has 11 heteroatoms. The van der Waals surface area contributed by atoms with Gasteiger partial charge in [0.2, 0.25) is 5.91 Å². The summed E-state index contributed by atoms with van der Waals surface area (Å²) in [6, 6.07) is 3.62. The molecule has 0 aliphatic heterocycles. The van der Waals surface area contributed by atoms with Crippen LogP contribution in [0.15, 0.2) is 18.2 Å². The number of benzene rings is 1. The van der Waals surface area contributed by atoms with E-state index >= 15 is 0 Å². The lowest BCUT2D eigenvalue weighted by Crippen LogP contribution is -2.61. The molecule has 2 amide bonds. The molecule has 136 valence electrons. The fourth-order valence-electron chi connectivity index (χ4n) is 1.82. The van der Waals surface area contributed by atoms with Gasteiger partial charge >= 0.3 is 6.36 Å². The third-order valence-electron chi connectivity index (χ3n) is 3.01. The number of anilines is 1. The zero-order chi connectivity index (χ0) is 18.8. The van der Waals surface area contributed by atoms with Gasteiger partial charge in [0, 0.05) is 12.5 Å². The molecule has 1 aromatic carbocycles. The van der Waals surface area contributed by atoms with Crippen LogP contribution in [0.25, 0.3) is 10.2 Å². The van der Waals surface area contributed by atoms with Gasteiger partial charge in [-0.25, -0.2) is 4.98 Å². The third kappa shape index (κ3) is 5.03. The van der Waals surface area contributed by atoms with Crippen LogP contribution in [0, 0.1) is 0 Å². The Morgan fingerprint density at radius 3 is 2.64 bits per heavy atom. The van der Waals surface area contributed by atoms with Crippen LogP contribution in [0.1, 0.15) is 20.3 Å². The third-order valence-corrected chi connectivity index (χ3v) is 3.94. The molecule has 2 rings (SSSR count). The largest absolute Gasteiger partial charge is 0.573 e. The highest BCUT2D eigenvalue weighted by Gasteiger charge is 2.32. The van der Waals surface area contributed by atoms with Crippen LogP contribution >= 0.6 is 11.3 Å². The summed E-state index contributed by atoms with van der Waals surface area (Å²) >= 11 is 0.948. The van der Waals surface area contributed by atoms with E-state index in [9.17, 15) is 22.8 Å². The van der Waals surface area contributed by atoms with Crippen LogP contribution < -0.4 is 21.1 Å². The fourth-order valence-corrected chi connectivity index (χ4v) is 2.71. The molecule has 0 aliphatic rings. The average molecular weight is 376 g/mol. The Morgan fingerprint density at radius 2 is 2.04 bits per heavy atom. The number of thiazole rings is 1. The van der Waals surface area contributed by atoms with Crippen molar-refractivity contribution in [2.75, 3.05) is 5.32 Å². The van der Waals surface area contributed by atoms with E-state index in [2.05, 4.69) is 20.4 Å². The summed E-state index contributed by atoms with van der Waals surface area (Å²) in [7, 11) is 0. The Morgan fingerprint density at radius 1 is 1.36 bits per heavy atom. The molecule has 0 bridgehead atoms. The minimum absolute atomic E-state index is 0.131. The SMILES string of the molecule is CCC(=O)N[C@](C)(N)C(=O)Nc1nc2ccc(OC(F)(F)F)cc2s1. The number of halogens is 3. The summed E-state index contributed by atoms with van der Waals surface area (Å²) in [6.07, 6.45) is -4.64. The van der Waals surface area contributed by atoms with Crippen LogP contribution in [0.4, 0.5) is 18.3 Å². The Balaban J connectivity index is 2.16. The summed E-state index contributed by atoms with van der Waals surface area (Å²) in [4.78, 5) is 27.6. The predicted octanol–water partition coefficient (Wildman–Crippen LogP) is 2.33. The second-order valence-corrected chi connectivity index (χ2v) is 6.29. The first kappa shape index (κ1) is 18.9. The van der Waals surface area contributed by atoms with E-state index in [1.165, 1.54) is 13.0 Å². The number of hydrogen-bond donors (Lipinski definition) is 3. The Hall–Kier alpha value is -2.40. The van der Waals surface area contributed by atoms with Crippen LogP contribution in [0.2, 0.25) is 0 Å². The minimum atomic E-state index is -4.80. The van der Waals surface area contributed by atoms with Crippen molar-refractivity contribution in [3.05, 3.63) is 18.2 Å². The molecule has 2 aromatic rings. The first-order valence-corrected chi connectivity index (χ1v) is 7.89. The number of aromatic nitrogens is 1. The second kappa shape index (κ2) is 6.84. The van der Waals surface area contributed by atoms with Gasteiger partial charge in [0.05, 0.1) is 10.2 Å². The number of fused-ring (bicyclic) bond motifs is 1. The lowest BCUT2D eigenvalue weighted by Gasteiger charge is -2.23. The first-order chi connectivity index (χ1) is 11.5. The number of amides is 2. The average Bonchev–Trinajstić information content (AvgIpc) is 2.86. The Bertz CT molecular complexity index is 804. The zero-order valence-corrected chi connectivity index (χ0v) is 14.0. The molecule has 0 fully saturated rings. The monoisotopic (exact) mass is 376 g/mol. The quantitative estimate of drug-likeness (QED) is 0.695. The highest BCUT2D eigenvalue weighted by molar-refractivity contribution is 7.22. The molecule has 0 radical (unpaired) electrons. The maximum absolute atomic E-state index is 12.2. The highest BCUT2D eigenvalue weighted by Crippen LogP contribution is 2.31. The maximum atomic E-state index is 12.2. The zero-order valence-electron chi connectivity index (χ0n) is 13.2. The molecule has 0 saturated carbocycles. The molecule has 0 unspecified atom stereocenters. The molecule has 25 heavy (non-hydrogen) atoms. The standard InChI is InChI=1S/C14H15F3N4O3S/c1-3-10(22)21-13(2,18)11(23)20-12-19-8-5-4-7(6-9(8)25-12)24-14(15,16)17/h4-6H,3,18H2,1-2H3,(H,21,22)(H,19,20,23)/t13-/m0/s1. The summed E-state index contributed by atoms with van der Waals surface area (Å²) in [6.45, 7) is 2.93. The minimum Gasteiger partial charge on any atom is -0.406 e. The van der Waals surface area contributed by atoms with Crippen LogP contribution in [-0.4, -0.2) is 28.8 Å². The number of hydrogen-bond acceptors (Lipinski definition) is 6. The summed E-state index contributed by atoms with van der Waals surface area (Å²) in [5.74, 6) is -1.50. The van der Waals surface area contributed by atoms with Crippen molar-refractivity contribution in [1.82, 2.24) is 10.3 Å². The molecule has 0 spiro atoms. The van der Waals surface area contributed by atoms with E-state index in [0.717, 1.165) is 23.5 Å². The normalized spacial score (nSPS) is 14.0. The predicted molar refractivity (Wildman–Crippen MR) is 86.0 cm³/mol. The van der Waals surface area contributed by atoms with Crippen molar-refractivity contribution in [3.63, 3.8) is 0 Å². The smallest absolute Gasteiger partial charge is 0.406 e. The van der Waals surface area contributed by atoms with Crippen LogP contribution in [-0.2, 0) is 9.59 Å². The van der Waals surface area contributed by atoms with E-state index in [4.69, 9.17) is 5.73 Å². The van der Waals surface area contributed by atoms with E-state index in [-0.39, 0.29) is 17.3 Å². The summed E-state index contributed by atoms with van der Waals surface area (Å²) in [5, 5.41) is 4.92. The highest BCUT2D eigenvalue weighted by atomic mass is 32.1. The van der Waals surface area contributed by atoms with E-state index in [1.54, 1.807) is 6.92 Å². The van der Waals surface area contributed by atoms with Crippen molar-refractivity contribution in [2.45, 2.75) is 32.3 Å². The second-order valence-electron chi connectivity index (χ2n) is 5.25. The van der Waals surface area contributed by atoms with Crippen LogP contribution in [0.5, 0.6) is 5.75 Å². The van der Waals surface area contributed by atoms with Gasteiger partial charge in [0.1, 0.15) is 5.75 Å². The number of carbonyl (C=O) groups excluding carboxylic acids is 2. The van der Waals surface area contributed by atoms with Gasteiger partial charge < -0.3 is 15.8 Å². The van der Waals surface area contributed by atoms with Crippen molar-refractivity contribution >= 4 is 38.5 Å². The van der Waals surface area contributed by atoms with Gasteiger partial charge in [-0.05, 0) is 19.1 Å². The summed E-state index contributed by atoms with van der Waals surface area (Å²) in [5.41, 5.74) is 4.48. The maximum Gasteiger partial charge on any atom is 0.573 e. The number of alkyl halides is 3. The number of ether oxygens (including phenoxy) is 1. The van der Waals surface area contributed by atoms with Gasteiger partial charge in [-0.1, -0.05) is 18.3 Å². The number of carbonyl (C=O) groups is 2. The number of nitrogens with two attached hydrogens (primary N) is 1. The Labute approximate surface area is 144 Å². The summed E-state index contributed by atoms with van der Waals surface area (Å²) < 4.78 is 40.9. The van der Waals surface area contributed by atoms with Crippen molar-refractivity contribution in [3.8, 4) is 5.75 Å². The number of nitrogens with zero attached hydrogens (tertiary/aromatic N) is 1. The van der Waals surface area contributed by atoms with Gasteiger partial charge in [-0.3, -0.25) is 14.9 Å². The van der Waals surface area contributed by atoms with E-state index < -0.39 is 23.8 Å². The fraction of sp³-hybridized carbons (Fsp3) is 0.357. The van der Waals surface area contributed by atoms with Gasteiger partial charge in [-0.15, -0.1) is 13.2 Å². The van der Waals surface area contributed by atoms with E-state index in [1.807, 2.05) is 0 Å². The van der Waals surface area contributed by atoms with Crippen molar-refractivity contribution in [1.29, 1.82) is 0 Å². The lowest BCUT2D eigenvalue weighted by atomic mass is 10.2. The van der Waals surface area contributed by atoms with Gasteiger partial charge in [0.15, 0.2) is 10.8 Å². The number of rotatable bonds is 5. The molecule has 7 nitrogen and oxygen atoms in total. The molecule has 1 aromatic heterocycles. The van der Waals surface area contributed by atoms with Crippen LogP contribution in [0.3, 0.4) is 0 Å². The number of nitrogens with one attached hydrogen (secondary N) is 2. The Kier molecular flexibility index (Phi) is 5.18. The van der Waals surface area contributed by atoms with E-state index in [0.29, 0.717) is 10.2 Å². The molecule has 1 atom stereocenters. The van der Waals surface area contributed by atoms with Crippen molar-refractivity contribution in [2.24, 2.45) is 5.73 Å². The van der Waals surface area contributed by atoms with Gasteiger partial charge in [-0.2, -0.15) is 0 Å². The van der Waals surface area contributed by atoms with Gasteiger partial charge in [0.25, 0.3) is 5.91 Å². The molecule has 4 N–H and O–H groups in total. The van der Waals surface area contributed by atoms with Crippen molar-refractivity contribution < 1.29 is 27.5 Å². The first-order valence-electron chi connectivity index (χ1n) is 7.08. The molecule has 0 aliphatic carbocycles. The topological polar surface area (TPSA) is 106 Å². The molecule has 0 saturated heterocycles.